The number of benzene rings is 3. The van der Waals surface area contributed by atoms with Crippen molar-refractivity contribution in [2.75, 3.05) is 5.32 Å². The second-order valence-electron chi connectivity index (χ2n) is 5.85. The van der Waals surface area contributed by atoms with E-state index in [2.05, 4.69) is 5.32 Å². The molecule has 5 heteroatoms. The number of ether oxygens (including phenoxy) is 1. The lowest BCUT2D eigenvalue weighted by molar-refractivity contribution is -0.122. The number of hydrogen-bond acceptors (Lipinski definition) is 3. The summed E-state index contributed by atoms with van der Waals surface area (Å²) in [6, 6.07) is 23.6. The van der Waals surface area contributed by atoms with E-state index in [9.17, 15) is 9.18 Å². The van der Waals surface area contributed by atoms with E-state index in [0.717, 1.165) is 9.79 Å². The van der Waals surface area contributed by atoms with Gasteiger partial charge in [-0.15, -0.1) is 0 Å². The second-order valence-corrected chi connectivity index (χ2v) is 6.96. The van der Waals surface area contributed by atoms with E-state index < -0.39 is 11.9 Å². The van der Waals surface area contributed by atoms with Gasteiger partial charge in [-0.1, -0.05) is 61.2 Å². The quantitative estimate of drug-likeness (QED) is 0.564. The molecule has 0 aliphatic rings. The van der Waals surface area contributed by atoms with Crippen molar-refractivity contribution < 1.29 is 13.9 Å². The summed E-state index contributed by atoms with van der Waals surface area (Å²) in [5.74, 6) is -0.711. The number of para-hydroxylation sites is 2. The van der Waals surface area contributed by atoms with Crippen molar-refractivity contribution >= 4 is 23.4 Å². The number of halogens is 1. The van der Waals surface area contributed by atoms with Crippen molar-refractivity contribution in [2.24, 2.45) is 0 Å². The number of anilines is 1. The Hall–Kier alpha value is -2.79. The maximum atomic E-state index is 13.8. The topological polar surface area (TPSA) is 38.3 Å². The SMILES string of the molecule is CC[C@H](Oc1ccccc1F)C(=O)Nc1ccccc1Sc1ccccc1. The zero-order chi connectivity index (χ0) is 19.1. The van der Waals surface area contributed by atoms with Gasteiger partial charge in [-0.3, -0.25) is 4.79 Å². The molecule has 0 fully saturated rings. The minimum atomic E-state index is -0.781. The van der Waals surface area contributed by atoms with Gasteiger partial charge in [0.2, 0.25) is 0 Å². The molecule has 1 atom stereocenters. The molecular weight excluding hydrogens is 361 g/mol. The minimum Gasteiger partial charge on any atom is -0.478 e. The van der Waals surface area contributed by atoms with Gasteiger partial charge in [0.1, 0.15) is 0 Å². The van der Waals surface area contributed by atoms with Crippen LogP contribution in [0.3, 0.4) is 0 Å². The maximum Gasteiger partial charge on any atom is 0.265 e. The van der Waals surface area contributed by atoms with Gasteiger partial charge in [-0.25, -0.2) is 4.39 Å². The van der Waals surface area contributed by atoms with Crippen LogP contribution in [0.1, 0.15) is 13.3 Å². The highest BCUT2D eigenvalue weighted by Crippen LogP contribution is 2.33. The van der Waals surface area contributed by atoms with Crippen LogP contribution in [0.2, 0.25) is 0 Å². The number of rotatable bonds is 7. The molecule has 1 N–H and O–H groups in total. The highest BCUT2D eigenvalue weighted by molar-refractivity contribution is 7.99. The molecular formula is C22H20FNO2S. The summed E-state index contributed by atoms with van der Waals surface area (Å²) < 4.78 is 19.4. The van der Waals surface area contributed by atoms with Gasteiger partial charge in [0, 0.05) is 9.79 Å². The fourth-order valence-corrected chi connectivity index (χ4v) is 3.43. The predicted molar refractivity (Wildman–Crippen MR) is 107 cm³/mol. The van der Waals surface area contributed by atoms with E-state index in [-0.39, 0.29) is 11.7 Å². The summed E-state index contributed by atoms with van der Waals surface area (Å²) in [4.78, 5) is 14.7. The second kappa shape index (κ2) is 9.24. The number of carbonyl (C=O) groups excluding carboxylic acids is 1. The third kappa shape index (κ3) is 5.11. The Balaban J connectivity index is 1.74. The standard InChI is InChI=1S/C22H20FNO2S/c1-2-19(26-20-14-8-6-12-17(20)23)22(25)24-18-13-7-9-15-21(18)27-16-10-4-3-5-11-16/h3-15,19H,2H2,1H3,(H,24,25)/t19-/m0/s1. The first kappa shape index (κ1) is 19.0. The van der Waals surface area contributed by atoms with Crippen molar-refractivity contribution in [1.29, 1.82) is 0 Å². The zero-order valence-corrected chi connectivity index (χ0v) is 15.7. The monoisotopic (exact) mass is 381 g/mol. The molecule has 0 unspecified atom stereocenters. The fraction of sp³-hybridized carbons (Fsp3) is 0.136. The van der Waals surface area contributed by atoms with Crippen molar-refractivity contribution in [2.45, 2.75) is 29.2 Å². The summed E-state index contributed by atoms with van der Waals surface area (Å²) in [5, 5.41) is 2.91. The smallest absolute Gasteiger partial charge is 0.265 e. The average molecular weight is 381 g/mol. The molecule has 0 aliphatic heterocycles. The van der Waals surface area contributed by atoms with Crippen LogP contribution >= 0.6 is 11.8 Å². The molecule has 0 heterocycles. The maximum absolute atomic E-state index is 13.8. The van der Waals surface area contributed by atoms with Gasteiger partial charge >= 0.3 is 0 Å². The van der Waals surface area contributed by atoms with Gasteiger partial charge in [-0.05, 0) is 42.8 Å². The molecule has 1 amide bonds. The largest absolute Gasteiger partial charge is 0.478 e. The molecule has 0 spiro atoms. The summed E-state index contributed by atoms with van der Waals surface area (Å²) >= 11 is 1.57. The molecule has 0 saturated carbocycles. The van der Waals surface area contributed by atoms with Gasteiger partial charge in [0.25, 0.3) is 5.91 Å². The molecule has 27 heavy (non-hydrogen) atoms. The van der Waals surface area contributed by atoms with Crippen LogP contribution in [0.15, 0.2) is 88.7 Å². The van der Waals surface area contributed by atoms with E-state index in [0.29, 0.717) is 12.1 Å². The van der Waals surface area contributed by atoms with Crippen LogP contribution < -0.4 is 10.1 Å². The van der Waals surface area contributed by atoms with Crippen LogP contribution in [0.25, 0.3) is 0 Å². The predicted octanol–water partition coefficient (Wildman–Crippen LogP) is 5.77. The van der Waals surface area contributed by atoms with Gasteiger partial charge < -0.3 is 10.1 Å². The molecule has 0 radical (unpaired) electrons. The van der Waals surface area contributed by atoms with E-state index >= 15 is 0 Å². The van der Waals surface area contributed by atoms with E-state index in [4.69, 9.17) is 4.74 Å². The molecule has 0 saturated heterocycles. The summed E-state index contributed by atoms with van der Waals surface area (Å²) in [7, 11) is 0. The first-order valence-electron chi connectivity index (χ1n) is 8.71. The molecule has 138 valence electrons. The fourth-order valence-electron chi connectivity index (χ4n) is 2.50. The summed E-state index contributed by atoms with van der Waals surface area (Å²) in [5.41, 5.74) is 0.701. The lowest BCUT2D eigenvalue weighted by Crippen LogP contribution is -2.32. The lowest BCUT2D eigenvalue weighted by Gasteiger charge is -2.18. The Bertz CT molecular complexity index is 902. The number of nitrogens with one attached hydrogen (secondary N) is 1. The molecule has 0 aromatic heterocycles. The Morgan fingerprint density at radius 2 is 1.67 bits per heavy atom. The summed E-state index contributed by atoms with van der Waals surface area (Å²) in [6.07, 6.45) is -0.356. The van der Waals surface area contributed by atoms with Crippen LogP contribution in [0, 0.1) is 5.82 Å². The zero-order valence-electron chi connectivity index (χ0n) is 14.9. The Morgan fingerprint density at radius 3 is 2.41 bits per heavy atom. The van der Waals surface area contributed by atoms with E-state index in [1.54, 1.807) is 23.9 Å². The van der Waals surface area contributed by atoms with E-state index in [1.165, 1.54) is 12.1 Å². The highest BCUT2D eigenvalue weighted by atomic mass is 32.2. The number of amides is 1. The lowest BCUT2D eigenvalue weighted by atomic mass is 10.2. The van der Waals surface area contributed by atoms with Gasteiger partial charge in [0.15, 0.2) is 17.7 Å². The van der Waals surface area contributed by atoms with Gasteiger partial charge in [0.05, 0.1) is 5.69 Å². The van der Waals surface area contributed by atoms with Crippen molar-refractivity contribution in [1.82, 2.24) is 0 Å². The van der Waals surface area contributed by atoms with Crippen LogP contribution in [0.4, 0.5) is 10.1 Å². The molecule has 0 bridgehead atoms. The molecule has 3 aromatic carbocycles. The Kier molecular flexibility index (Phi) is 6.49. The molecule has 3 aromatic rings. The van der Waals surface area contributed by atoms with Crippen LogP contribution in [0.5, 0.6) is 5.75 Å². The van der Waals surface area contributed by atoms with Crippen molar-refractivity contribution in [3.05, 3.63) is 84.7 Å². The molecule has 0 aliphatic carbocycles. The third-order valence-electron chi connectivity index (χ3n) is 3.89. The van der Waals surface area contributed by atoms with Gasteiger partial charge in [-0.2, -0.15) is 0 Å². The third-order valence-corrected chi connectivity index (χ3v) is 4.97. The van der Waals surface area contributed by atoms with Crippen LogP contribution in [-0.2, 0) is 4.79 Å². The summed E-state index contributed by atoms with van der Waals surface area (Å²) in [6.45, 7) is 1.83. The first-order chi connectivity index (χ1) is 13.2. The number of hydrogen-bond donors (Lipinski definition) is 1. The minimum absolute atomic E-state index is 0.0754. The Morgan fingerprint density at radius 1 is 1.00 bits per heavy atom. The highest BCUT2D eigenvalue weighted by Gasteiger charge is 2.21. The van der Waals surface area contributed by atoms with E-state index in [1.807, 2.05) is 61.5 Å². The van der Waals surface area contributed by atoms with Crippen molar-refractivity contribution in [3.8, 4) is 5.75 Å². The van der Waals surface area contributed by atoms with Crippen molar-refractivity contribution in [3.63, 3.8) is 0 Å². The molecule has 3 nitrogen and oxygen atoms in total. The van der Waals surface area contributed by atoms with Crippen LogP contribution in [-0.4, -0.2) is 12.0 Å². The first-order valence-corrected chi connectivity index (χ1v) is 9.53. The average Bonchev–Trinajstić information content (AvgIpc) is 2.69. The normalized spacial score (nSPS) is 11.6. The Labute approximate surface area is 162 Å². The molecule has 3 rings (SSSR count). The number of carbonyl (C=O) groups is 1.